The molecule has 0 aromatic carbocycles. The van der Waals surface area contributed by atoms with Crippen molar-refractivity contribution >= 4 is 10.4 Å². The minimum Gasteiger partial charge on any atom is -0.387 e. The highest BCUT2D eigenvalue weighted by Crippen LogP contribution is 2.44. The van der Waals surface area contributed by atoms with Gasteiger partial charge in [0.2, 0.25) is 0 Å². The van der Waals surface area contributed by atoms with Crippen molar-refractivity contribution in [3.05, 3.63) is 0 Å². The highest BCUT2D eigenvalue weighted by Gasteiger charge is 2.52. The molecule has 0 amide bonds. The molecule has 0 aromatic rings. The Morgan fingerprint density at radius 1 is 1.14 bits per heavy atom. The summed E-state index contributed by atoms with van der Waals surface area (Å²) in [6.07, 6.45) is 10.4. The monoisotopic (exact) mass is 336 g/mol. The Kier molecular flexibility index (Phi) is 8.32. The number of hydrogen-bond acceptors (Lipinski definition) is 4. The SMILES string of the molecule is CCCCCCCCCC(CC)C1(O)CCC1OS(=O)(=O)O. The molecule has 0 spiro atoms. The van der Waals surface area contributed by atoms with E-state index in [1.807, 2.05) is 6.92 Å². The van der Waals surface area contributed by atoms with Crippen LogP contribution in [0, 0.1) is 5.92 Å². The Balaban J connectivity index is 2.34. The summed E-state index contributed by atoms with van der Waals surface area (Å²) in [6.45, 7) is 4.21. The third kappa shape index (κ3) is 6.14. The van der Waals surface area contributed by atoms with Crippen molar-refractivity contribution in [1.82, 2.24) is 0 Å². The quantitative estimate of drug-likeness (QED) is 0.417. The lowest BCUT2D eigenvalue weighted by Gasteiger charge is -2.48. The highest BCUT2D eigenvalue weighted by atomic mass is 32.3. The summed E-state index contributed by atoms with van der Waals surface area (Å²) < 4.78 is 35.1. The molecular weight excluding hydrogens is 304 g/mol. The molecular formula is C16H32O5S. The first kappa shape index (κ1) is 19.9. The van der Waals surface area contributed by atoms with Crippen LogP contribution >= 0.6 is 0 Å². The third-order valence-corrected chi connectivity index (χ3v) is 5.43. The second kappa shape index (κ2) is 9.21. The average Bonchev–Trinajstić information content (AvgIpc) is 2.45. The predicted molar refractivity (Wildman–Crippen MR) is 87.0 cm³/mol. The Morgan fingerprint density at radius 3 is 2.18 bits per heavy atom. The summed E-state index contributed by atoms with van der Waals surface area (Å²) in [7, 11) is -4.50. The van der Waals surface area contributed by atoms with Gasteiger partial charge in [-0.25, -0.2) is 4.18 Å². The molecule has 22 heavy (non-hydrogen) atoms. The Morgan fingerprint density at radius 2 is 1.73 bits per heavy atom. The number of rotatable bonds is 12. The number of hydrogen-bond donors (Lipinski definition) is 2. The molecule has 2 N–H and O–H groups in total. The molecule has 0 radical (unpaired) electrons. The van der Waals surface area contributed by atoms with Crippen LogP contribution in [0.4, 0.5) is 0 Å². The van der Waals surface area contributed by atoms with Crippen LogP contribution in [0.1, 0.15) is 84.5 Å². The van der Waals surface area contributed by atoms with E-state index in [1.165, 1.54) is 32.1 Å². The number of aliphatic hydroxyl groups is 1. The van der Waals surface area contributed by atoms with Crippen LogP contribution in [-0.4, -0.2) is 29.8 Å². The van der Waals surface area contributed by atoms with Gasteiger partial charge in [-0.1, -0.05) is 65.2 Å². The maximum Gasteiger partial charge on any atom is 0.397 e. The van der Waals surface area contributed by atoms with E-state index in [2.05, 4.69) is 11.1 Å². The summed E-state index contributed by atoms with van der Waals surface area (Å²) in [6, 6.07) is 0. The van der Waals surface area contributed by atoms with Gasteiger partial charge in [0.05, 0.1) is 5.60 Å². The van der Waals surface area contributed by atoms with Gasteiger partial charge in [-0.2, -0.15) is 8.42 Å². The molecule has 132 valence electrons. The topological polar surface area (TPSA) is 83.8 Å². The van der Waals surface area contributed by atoms with Gasteiger partial charge in [-0.05, 0) is 25.2 Å². The summed E-state index contributed by atoms with van der Waals surface area (Å²) >= 11 is 0. The summed E-state index contributed by atoms with van der Waals surface area (Å²) in [5, 5.41) is 10.7. The maximum atomic E-state index is 10.8. The molecule has 0 saturated heterocycles. The molecule has 1 fully saturated rings. The van der Waals surface area contributed by atoms with Crippen LogP contribution in [0.25, 0.3) is 0 Å². The molecule has 1 aliphatic carbocycles. The lowest BCUT2D eigenvalue weighted by Crippen LogP contribution is -2.58. The standard InChI is InChI=1S/C16H32O5S/c1-3-5-6-7-8-9-10-11-14(4-2)16(17)13-12-15(16)21-22(18,19)20/h14-15,17H,3-13H2,1-2H3,(H,18,19,20). The van der Waals surface area contributed by atoms with E-state index in [1.54, 1.807) is 0 Å². The Bertz CT molecular complexity index is 409. The van der Waals surface area contributed by atoms with Crippen LogP contribution in [-0.2, 0) is 14.6 Å². The highest BCUT2D eigenvalue weighted by molar-refractivity contribution is 7.80. The van der Waals surface area contributed by atoms with Crippen LogP contribution in [0.15, 0.2) is 0 Å². The zero-order valence-electron chi connectivity index (χ0n) is 14.0. The lowest BCUT2D eigenvalue weighted by molar-refractivity contribution is -0.170. The molecule has 0 aromatic heterocycles. The molecule has 0 aliphatic heterocycles. The lowest BCUT2D eigenvalue weighted by atomic mass is 9.66. The molecule has 1 aliphatic rings. The van der Waals surface area contributed by atoms with E-state index < -0.39 is 22.1 Å². The van der Waals surface area contributed by atoms with Crippen LogP contribution in [0.2, 0.25) is 0 Å². The number of unbranched alkanes of at least 4 members (excludes halogenated alkanes) is 6. The zero-order valence-corrected chi connectivity index (χ0v) is 14.8. The fourth-order valence-corrected chi connectivity index (χ4v) is 4.01. The van der Waals surface area contributed by atoms with E-state index in [0.29, 0.717) is 12.8 Å². The van der Waals surface area contributed by atoms with E-state index in [0.717, 1.165) is 25.7 Å². The third-order valence-electron chi connectivity index (χ3n) is 4.96. The summed E-state index contributed by atoms with van der Waals surface area (Å²) in [5.41, 5.74) is -1.10. The fraction of sp³-hybridized carbons (Fsp3) is 1.00. The van der Waals surface area contributed by atoms with Gasteiger partial charge in [-0.3, -0.25) is 4.55 Å². The van der Waals surface area contributed by atoms with Crippen molar-refractivity contribution in [3.63, 3.8) is 0 Å². The summed E-state index contributed by atoms with van der Waals surface area (Å²) in [5.74, 6) is 0.0311. The van der Waals surface area contributed by atoms with Crippen molar-refractivity contribution in [3.8, 4) is 0 Å². The second-order valence-corrected chi connectivity index (χ2v) is 7.61. The van der Waals surface area contributed by atoms with Crippen molar-refractivity contribution in [2.45, 2.75) is 96.2 Å². The van der Waals surface area contributed by atoms with Crippen LogP contribution in [0.5, 0.6) is 0 Å². The smallest absolute Gasteiger partial charge is 0.387 e. The summed E-state index contributed by atoms with van der Waals surface area (Å²) in [4.78, 5) is 0. The molecule has 1 rings (SSSR count). The van der Waals surface area contributed by atoms with Crippen molar-refractivity contribution in [1.29, 1.82) is 0 Å². The van der Waals surface area contributed by atoms with Crippen molar-refractivity contribution in [2.75, 3.05) is 0 Å². The van der Waals surface area contributed by atoms with Crippen LogP contribution < -0.4 is 0 Å². The maximum absolute atomic E-state index is 10.8. The van der Waals surface area contributed by atoms with Gasteiger partial charge >= 0.3 is 10.4 Å². The first-order valence-corrected chi connectivity index (χ1v) is 10.1. The normalized spacial score (nSPS) is 26.6. The van der Waals surface area contributed by atoms with Gasteiger partial charge in [0.15, 0.2) is 0 Å². The Hall–Kier alpha value is -0.170. The van der Waals surface area contributed by atoms with Crippen molar-refractivity contribution < 1.29 is 22.3 Å². The van der Waals surface area contributed by atoms with Crippen LogP contribution in [0.3, 0.4) is 0 Å². The van der Waals surface area contributed by atoms with Gasteiger partial charge in [0.1, 0.15) is 6.10 Å². The largest absolute Gasteiger partial charge is 0.397 e. The molecule has 1 saturated carbocycles. The molecule has 0 bridgehead atoms. The van der Waals surface area contributed by atoms with E-state index >= 15 is 0 Å². The second-order valence-electron chi connectivity index (χ2n) is 6.56. The van der Waals surface area contributed by atoms with E-state index in [9.17, 15) is 13.5 Å². The predicted octanol–water partition coefficient (Wildman–Crippen LogP) is 3.87. The van der Waals surface area contributed by atoms with E-state index in [4.69, 9.17) is 4.55 Å². The van der Waals surface area contributed by atoms with Crippen molar-refractivity contribution in [2.24, 2.45) is 5.92 Å². The van der Waals surface area contributed by atoms with Gasteiger partial charge in [0, 0.05) is 0 Å². The van der Waals surface area contributed by atoms with Gasteiger partial charge in [0.25, 0.3) is 0 Å². The minimum atomic E-state index is -4.50. The molecule has 0 heterocycles. The molecule has 3 atom stereocenters. The molecule has 5 nitrogen and oxygen atoms in total. The first-order valence-electron chi connectivity index (χ1n) is 8.71. The Labute approximate surface area is 135 Å². The zero-order chi connectivity index (χ0) is 16.6. The van der Waals surface area contributed by atoms with Gasteiger partial charge < -0.3 is 5.11 Å². The molecule has 3 unspecified atom stereocenters. The molecule has 6 heteroatoms. The minimum absolute atomic E-state index is 0.0311. The van der Waals surface area contributed by atoms with Gasteiger partial charge in [-0.15, -0.1) is 0 Å². The first-order chi connectivity index (χ1) is 10.3. The van der Waals surface area contributed by atoms with E-state index in [-0.39, 0.29) is 5.92 Å². The fourth-order valence-electron chi connectivity index (χ4n) is 3.46. The average molecular weight is 336 g/mol.